The third kappa shape index (κ3) is 4.79. The molecule has 1 aromatic heterocycles. The highest BCUT2D eigenvalue weighted by Crippen LogP contribution is 2.42. The molecule has 2 rings (SSSR count). The molecule has 1 fully saturated rings. The summed E-state index contributed by atoms with van der Waals surface area (Å²) >= 11 is 0. The topological polar surface area (TPSA) is 82.6 Å². The first-order chi connectivity index (χ1) is 12.6. The maximum atomic E-state index is 12.2. The normalized spacial score (nSPS) is 22.1. The molecule has 0 saturated carbocycles. The molecule has 1 aliphatic rings. The molecule has 1 aromatic rings. The van der Waals surface area contributed by atoms with Crippen LogP contribution in [-0.2, 0) is 9.16 Å². The van der Waals surface area contributed by atoms with Crippen molar-refractivity contribution in [3.8, 4) is 0 Å². The van der Waals surface area contributed by atoms with E-state index in [2.05, 4.69) is 51.4 Å². The van der Waals surface area contributed by atoms with Gasteiger partial charge in [0.1, 0.15) is 5.82 Å². The minimum atomic E-state index is -1.95. The summed E-state index contributed by atoms with van der Waals surface area (Å²) < 4.78 is 14.4. The highest BCUT2D eigenvalue weighted by molar-refractivity contribution is 6.77. The fourth-order valence-electron chi connectivity index (χ4n) is 4.62. The Morgan fingerprint density at radius 3 is 2.33 bits per heavy atom. The molecular weight excluding hydrogens is 360 g/mol. The molecule has 2 heterocycles. The molecule has 0 amide bonds. The predicted molar refractivity (Wildman–Crippen MR) is 111 cm³/mol. The van der Waals surface area contributed by atoms with Gasteiger partial charge in [-0.3, -0.25) is 9.47 Å². The lowest BCUT2D eigenvalue weighted by atomic mass is 10.3. The van der Waals surface area contributed by atoms with Crippen LogP contribution >= 0.6 is 0 Å². The van der Waals surface area contributed by atoms with Gasteiger partial charge in [0, 0.05) is 19.3 Å². The number of likely N-dealkylation sites (N-methyl/N-ethyl adjacent to an activating group) is 1. The summed E-state index contributed by atoms with van der Waals surface area (Å²) in [6, 6.07) is 1.62. The third-order valence-electron chi connectivity index (χ3n) is 5.72. The Labute approximate surface area is 164 Å². The molecule has 1 aliphatic heterocycles. The van der Waals surface area contributed by atoms with Crippen LogP contribution in [0.3, 0.4) is 0 Å². The Morgan fingerprint density at radius 1 is 1.22 bits per heavy atom. The highest BCUT2D eigenvalue weighted by Gasteiger charge is 2.45. The number of ether oxygens (including phenoxy) is 1. The van der Waals surface area contributed by atoms with Gasteiger partial charge >= 0.3 is 5.69 Å². The molecule has 0 radical (unpaired) electrons. The summed E-state index contributed by atoms with van der Waals surface area (Å²) in [5.74, 6) is 0.224. The van der Waals surface area contributed by atoms with Crippen LogP contribution in [-0.4, -0.2) is 55.6 Å². The number of anilines is 1. The van der Waals surface area contributed by atoms with Crippen molar-refractivity contribution in [3.05, 3.63) is 22.7 Å². The zero-order valence-corrected chi connectivity index (χ0v) is 18.8. The highest BCUT2D eigenvalue weighted by atomic mass is 28.4. The molecule has 8 heteroatoms. The van der Waals surface area contributed by atoms with Crippen molar-refractivity contribution in [3.63, 3.8) is 0 Å². The zero-order valence-electron chi connectivity index (χ0n) is 17.8. The van der Waals surface area contributed by atoms with E-state index in [1.807, 2.05) is 7.05 Å². The van der Waals surface area contributed by atoms with Gasteiger partial charge in [0.05, 0.1) is 12.7 Å². The first-order valence-corrected chi connectivity index (χ1v) is 12.0. The molecule has 0 aliphatic carbocycles. The summed E-state index contributed by atoms with van der Waals surface area (Å²) in [4.78, 5) is 18.2. The van der Waals surface area contributed by atoms with Gasteiger partial charge < -0.3 is 14.9 Å². The van der Waals surface area contributed by atoms with Gasteiger partial charge in [0.25, 0.3) is 0 Å². The molecule has 2 atom stereocenters. The molecule has 2 N–H and O–H groups in total. The van der Waals surface area contributed by atoms with Crippen LogP contribution in [0.2, 0.25) is 16.6 Å². The van der Waals surface area contributed by atoms with Crippen molar-refractivity contribution in [1.82, 2.24) is 14.5 Å². The number of nitrogen functional groups attached to an aromatic ring is 1. The Bertz CT molecular complexity index is 655. The summed E-state index contributed by atoms with van der Waals surface area (Å²) in [6.07, 6.45) is 1.19. The van der Waals surface area contributed by atoms with Gasteiger partial charge in [-0.2, -0.15) is 4.98 Å². The van der Waals surface area contributed by atoms with Crippen molar-refractivity contribution in [2.24, 2.45) is 0 Å². The lowest BCUT2D eigenvalue weighted by molar-refractivity contribution is -0.129. The number of rotatable bonds is 7. The average Bonchev–Trinajstić information content (AvgIpc) is 2.53. The van der Waals surface area contributed by atoms with Crippen LogP contribution < -0.4 is 11.4 Å². The lowest BCUT2D eigenvalue weighted by Gasteiger charge is -2.44. The van der Waals surface area contributed by atoms with Gasteiger partial charge in [-0.05, 0) is 29.7 Å². The first kappa shape index (κ1) is 22.1. The SMILES string of the molecule is CC(C)[Si](OCC1CN(C)CC(n2ccc(N)nc2=O)O1)(C(C)C)C(C)C. The lowest BCUT2D eigenvalue weighted by Crippen LogP contribution is -2.52. The van der Waals surface area contributed by atoms with Crippen LogP contribution in [0.4, 0.5) is 5.82 Å². The fraction of sp³-hybridized carbons (Fsp3) is 0.789. The fourth-order valence-corrected chi connectivity index (χ4v) is 10.1. The van der Waals surface area contributed by atoms with E-state index < -0.39 is 8.32 Å². The quantitative estimate of drug-likeness (QED) is 0.714. The number of morpholine rings is 1. The number of nitrogens with two attached hydrogens (primary N) is 1. The molecule has 0 aromatic carbocycles. The maximum Gasteiger partial charge on any atom is 0.351 e. The van der Waals surface area contributed by atoms with Crippen molar-refractivity contribution < 1.29 is 9.16 Å². The molecule has 2 unspecified atom stereocenters. The molecule has 0 bridgehead atoms. The summed E-state index contributed by atoms with van der Waals surface area (Å²) in [6.45, 7) is 15.6. The standard InChI is InChI=1S/C19H36N4O3Si/c1-13(2)27(14(3)4,15(5)6)25-12-16-10-22(7)11-18(26-16)23-9-8-17(20)21-19(23)24/h8-9,13-16,18H,10-12H2,1-7H3,(H2,20,21,24). The molecule has 27 heavy (non-hydrogen) atoms. The van der Waals surface area contributed by atoms with E-state index in [0.717, 1.165) is 6.54 Å². The van der Waals surface area contributed by atoms with Gasteiger partial charge in [-0.15, -0.1) is 0 Å². The van der Waals surface area contributed by atoms with Crippen LogP contribution in [0.1, 0.15) is 47.8 Å². The van der Waals surface area contributed by atoms with Gasteiger partial charge in [0.2, 0.25) is 0 Å². The van der Waals surface area contributed by atoms with E-state index in [1.54, 1.807) is 12.3 Å². The first-order valence-electron chi connectivity index (χ1n) is 9.90. The van der Waals surface area contributed by atoms with E-state index in [-0.39, 0.29) is 23.8 Å². The Morgan fingerprint density at radius 2 is 1.81 bits per heavy atom. The number of nitrogens with zero attached hydrogens (tertiary/aromatic N) is 3. The maximum absolute atomic E-state index is 12.2. The van der Waals surface area contributed by atoms with E-state index in [0.29, 0.717) is 29.8 Å². The zero-order chi connectivity index (χ0) is 20.4. The molecule has 7 nitrogen and oxygen atoms in total. The van der Waals surface area contributed by atoms with Gasteiger partial charge in [0.15, 0.2) is 14.5 Å². The second kappa shape index (κ2) is 8.85. The Balaban J connectivity index is 2.15. The van der Waals surface area contributed by atoms with Crippen LogP contribution in [0.25, 0.3) is 0 Å². The molecular formula is C19H36N4O3Si. The van der Waals surface area contributed by atoms with E-state index in [1.165, 1.54) is 4.57 Å². The summed E-state index contributed by atoms with van der Waals surface area (Å²) in [5, 5.41) is 0. The number of hydrogen-bond acceptors (Lipinski definition) is 6. The smallest absolute Gasteiger partial charge is 0.351 e. The van der Waals surface area contributed by atoms with E-state index in [4.69, 9.17) is 14.9 Å². The minimum Gasteiger partial charge on any atom is -0.413 e. The van der Waals surface area contributed by atoms with Crippen molar-refractivity contribution in [1.29, 1.82) is 0 Å². The van der Waals surface area contributed by atoms with Crippen LogP contribution in [0.5, 0.6) is 0 Å². The number of aromatic nitrogens is 2. The largest absolute Gasteiger partial charge is 0.413 e. The second-order valence-electron chi connectivity index (χ2n) is 8.60. The predicted octanol–water partition coefficient (Wildman–Crippen LogP) is 2.85. The van der Waals surface area contributed by atoms with E-state index >= 15 is 0 Å². The molecule has 1 saturated heterocycles. The van der Waals surface area contributed by atoms with E-state index in [9.17, 15) is 4.79 Å². The summed E-state index contributed by atoms with van der Waals surface area (Å²) in [5.41, 5.74) is 6.80. The Kier molecular flexibility index (Phi) is 7.24. The van der Waals surface area contributed by atoms with Gasteiger partial charge in [-0.1, -0.05) is 41.5 Å². The molecule has 154 valence electrons. The second-order valence-corrected chi connectivity index (χ2v) is 14.1. The third-order valence-corrected chi connectivity index (χ3v) is 11.8. The van der Waals surface area contributed by atoms with Crippen molar-refractivity contribution in [2.75, 3.05) is 32.5 Å². The number of hydrogen-bond donors (Lipinski definition) is 1. The van der Waals surface area contributed by atoms with Crippen molar-refractivity contribution in [2.45, 2.75) is 70.5 Å². The summed E-state index contributed by atoms with van der Waals surface area (Å²) in [7, 11) is 0.0888. The Hall–Kier alpha value is -1.22. The van der Waals surface area contributed by atoms with Crippen molar-refractivity contribution >= 4 is 14.1 Å². The van der Waals surface area contributed by atoms with Gasteiger partial charge in [-0.25, -0.2) is 4.79 Å². The van der Waals surface area contributed by atoms with Crippen LogP contribution in [0, 0.1) is 0 Å². The molecule has 0 spiro atoms. The van der Waals surface area contributed by atoms with Crippen LogP contribution in [0.15, 0.2) is 17.1 Å². The minimum absolute atomic E-state index is 0.0821. The average molecular weight is 397 g/mol. The monoisotopic (exact) mass is 396 g/mol.